The van der Waals surface area contributed by atoms with Gasteiger partial charge in [-0.3, -0.25) is 9.59 Å². The first-order valence-corrected chi connectivity index (χ1v) is 13.2. The summed E-state index contributed by atoms with van der Waals surface area (Å²) in [5.41, 5.74) is -0.133. The topological polar surface area (TPSA) is 46.6 Å². The van der Waals surface area contributed by atoms with Crippen molar-refractivity contribution in [3.05, 3.63) is 12.7 Å². The quantitative estimate of drug-likeness (QED) is 0.337. The van der Waals surface area contributed by atoms with Gasteiger partial charge in [-0.15, -0.1) is 6.58 Å². The molecule has 0 N–H and O–H groups in total. The summed E-state index contributed by atoms with van der Waals surface area (Å²) in [6.07, 6.45) is 10.6. The number of likely N-dealkylation sites (tertiary alicyclic amines) is 1. The number of hydrogen-bond acceptors (Lipinski definition) is 4. The molecule has 1 unspecified atom stereocenters. The number of esters is 1. The Balaban J connectivity index is 1.79. The maximum Gasteiger partial charge on any atom is 0.307 e. The lowest BCUT2D eigenvalue weighted by molar-refractivity contribution is -0.197. The highest BCUT2D eigenvalue weighted by molar-refractivity contribution is 5.83. The van der Waals surface area contributed by atoms with Gasteiger partial charge in [-0.25, -0.2) is 0 Å². The van der Waals surface area contributed by atoms with Crippen molar-refractivity contribution in [2.75, 3.05) is 19.6 Å². The number of fused-ring (bicyclic) bond motifs is 1. The summed E-state index contributed by atoms with van der Waals surface area (Å²) in [4.78, 5) is 29.0. The Morgan fingerprint density at radius 3 is 2.47 bits per heavy atom. The Morgan fingerprint density at radius 2 is 1.81 bits per heavy atom. The predicted octanol–water partition coefficient (Wildman–Crippen LogP) is 6.04. The lowest BCUT2D eigenvalue weighted by atomic mass is 9.44. The summed E-state index contributed by atoms with van der Waals surface area (Å²) >= 11 is 0. The standard InChI is InChI=1S/C28H47NO3/c1-7-20(2)19-22(30)26-21(3)11-12-23-27(4,5)15-13-24(28(23,26)6)32-25(31)14-18-29-16-9-8-10-17-29/h7,20-21,23-24,26H,1,8-19H2,2-6H3/t20-,21+,23+,24?,26-,28-/m1/s1. The molecule has 2 aliphatic carbocycles. The van der Waals surface area contributed by atoms with E-state index in [0.717, 1.165) is 45.3 Å². The molecule has 0 aromatic rings. The summed E-state index contributed by atoms with van der Waals surface area (Å²) < 4.78 is 6.27. The molecule has 1 heterocycles. The van der Waals surface area contributed by atoms with Crippen LogP contribution >= 0.6 is 0 Å². The van der Waals surface area contributed by atoms with E-state index in [0.29, 0.717) is 30.5 Å². The van der Waals surface area contributed by atoms with Crippen LogP contribution in [-0.4, -0.2) is 42.4 Å². The molecule has 3 fully saturated rings. The number of ether oxygens (including phenoxy) is 1. The van der Waals surface area contributed by atoms with E-state index in [4.69, 9.17) is 4.74 Å². The first-order valence-electron chi connectivity index (χ1n) is 13.2. The number of rotatable bonds is 8. The Hall–Kier alpha value is -1.16. The van der Waals surface area contributed by atoms with Crippen molar-refractivity contribution >= 4 is 11.8 Å². The van der Waals surface area contributed by atoms with E-state index < -0.39 is 0 Å². The molecular weight excluding hydrogens is 398 g/mol. The molecule has 1 saturated heterocycles. The third kappa shape index (κ3) is 5.32. The number of ketones is 1. The third-order valence-corrected chi connectivity index (χ3v) is 9.22. The summed E-state index contributed by atoms with van der Waals surface area (Å²) in [5, 5.41) is 0. The average molecular weight is 446 g/mol. The summed E-state index contributed by atoms with van der Waals surface area (Å²) in [6, 6.07) is 0. The highest BCUT2D eigenvalue weighted by Crippen LogP contribution is 2.62. The van der Waals surface area contributed by atoms with E-state index in [1.165, 1.54) is 19.3 Å². The highest BCUT2D eigenvalue weighted by atomic mass is 16.5. The molecule has 2 saturated carbocycles. The van der Waals surface area contributed by atoms with Crippen molar-refractivity contribution in [2.45, 2.75) is 98.5 Å². The maximum absolute atomic E-state index is 13.6. The van der Waals surface area contributed by atoms with Gasteiger partial charge in [0.05, 0.1) is 6.42 Å². The van der Waals surface area contributed by atoms with Gasteiger partial charge in [-0.2, -0.15) is 0 Å². The van der Waals surface area contributed by atoms with Crippen LogP contribution in [0.3, 0.4) is 0 Å². The average Bonchev–Trinajstić information content (AvgIpc) is 2.74. The first-order chi connectivity index (χ1) is 15.1. The van der Waals surface area contributed by atoms with Gasteiger partial charge in [0.2, 0.25) is 0 Å². The molecule has 1 aliphatic heterocycles. The Kier molecular flexibility index (Phi) is 8.28. The van der Waals surface area contributed by atoms with Gasteiger partial charge in [0.15, 0.2) is 0 Å². The molecule has 4 heteroatoms. The van der Waals surface area contributed by atoms with E-state index in [1.54, 1.807) is 0 Å². The number of carbonyl (C=O) groups is 2. The Bertz CT molecular complexity index is 680. The van der Waals surface area contributed by atoms with E-state index in [9.17, 15) is 9.59 Å². The molecule has 4 nitrogen and oxygen atoms in total. The van der Waals surface area contributed by atoms with Crippen molar-refractivity contribution in [3.8, 4) is 0 Å². The number of Topliss-reactive ketones (excluding diaryl/α,β-unsaturated/α-hetero) is 1. The second kappa shape index (κ2) is 10.4. The van der Waals surface area contributed by atoms with Crippen molar-refractivity contribution in [3.63, 3.8) is 0 Å². The van der Waals surface area contributed by atoms with E-state index in [-0.39, 0.29) is 34.7 Å². The monoisotopic (exact) mass is 445 g/mol. The fraction of sp³-hybridized carbons (Fsp3) is 0.857. The summed E-state index contributed by atoms with van der Waals surface area (Å²) in [5.74, 6) is 1.11. The molecule has 182 valence electrons. The minimum atomic E-state index is -0.293. The van der Waals surface area contributed by atoms with Gasteiger partial charge in [0, 0.05) is 24.3 Å². The zero-order valence-corrected chi connectivity index (χ0v) is 21.3. The molecule has 32 heavy (non-hydrogen) atoms. The van der Waals surface area contributed by atoms with Crippen LogP contribution in [0.5, 0.6) is 0 Å². The van der Waals surface area contributed by atoms with Gasteiger partial charge in [-0.05, 0) is 74.8 Å². The number of hydrogen-bond donors (Lipinski definition) is 0. The van der Waals surface area contributed by atoms with Crippen molar-refractivity contribution in [2.24, 2.45) is 34.5 Å². The zero-order valence-electron chi connectivity index (χ0n) is 21.3. The number of carbonyl (C=O) groups excluding carboxylic acids is 2. The molecule has 3 rings (SSSR count). The molecule has 0 aromatic carbocycles. The number of piperidine rings is 1. The van der Waals surface area contributed by atoms with Crippen LogP contribution in [0.15, 0.2) is 12.7 Å². The molecule has 0 spiro atoms. The minimum Gasteiger partial charge on any atom is -0.462 e. The van der Waals surface area contributed by atoms with E-state index in [1.807, 2.05) is 6.08 Å². The van der Waals surface area contributed by atoms with Crippen LogP contribution in [0.2, 0.25) is 0 Å². The largest absolute Gasteiger partial charge is 0.462 e. The molecular formula is C28H47NO3. The van der Waals surface area contributed by atoms with Gasteiger partial charge < -0.3 is 9.64 Å². The van der Waals surface area contributed by atoms with Crippen molar-refractivity contribution < 1.29 is 14.3 Å². The summed E-state index contributed by atoms with van der Waals surface area (Å²) in [7, 11) is 0. The Morgan fingerprint density at radius 1 is 1.12 bits per heavy atom. The first kappa shape index (κ1) is 25.5. The molecule has 3 aliphatic rings. The van der Waals surface area contributed by atoms with Crippen LogP contribution in [0.4, 0.5) is 0 Å². The van der Waals surface area contributed by atoms with Crippen LogP contribution in [0.1, 0.15) is 92.4 Å². The van der Waals surface area contributed by atoms with Crippen LogP contribution in [0, 0.1) is 34.5 Å². The van der Waals surface area contributed by atoms with Crippen LogP contribution in [0.25, 0.3) is 0 Å². The van der Waals surface area contributed by atoms with E-state index >= 15 is 0 Å². The molecule has 0 radical (unpaired) electrons. The lowest BCUT2D eigenvalue weighted by Crippen LogP contribution is -2.60. The minimum absolute atomic E-state index is 0.0527. The maximum atomic E-state index is 13.6. The highest BCUT2D eigenvalue weighted by Gasteiger charge is 2.61. The van der Waals surface area contributed by atoms with E-state index in [2.05, 4.69) is 46.1 Å². The molecule has 0 bridgehead atoms. The predicted molar refractivity (Wildman–Crippen MR) is 130 cm³/mol. The van der Waals surface area contributed by atoms with Crippen molar-refractivity contribution in [1.82, 2.24) is 4.90 Å². The Labute approximate surface area is 196 Å². The third-order valence-electron chi connectivity index (χ3n) is 9.22. The zero-order chi connectivity index (χ0) is 23.5. The number of allylic oxidation sites excluding steroid dienone is 1. The molecule has 0 amide bonds. The molecule has 0 aromatic heterocycles. The normalized spacial score (nSPS) is 36.0. The van der Waals surface area contributed by atoms with Gasteiger partial charge >= 0.3 is 5.97 Å². The number of nitrogens with zero attached hydrogens (tertiary/aromatic N) is 1. The van der Waals surface area contributed by atoms with Gasteiger partial charge in [0.1, 0.15) is 11.9 Å². The second-order valence-corrected chi connectivity index (χ2v) is 12.0. The summed E-state index contributed by atoms with van der Waals surface area (Å²) in [6.45, 7) is 18.2. The van der Waals surface area contributed by atoms with Crippen LogP contribution < -0.4 is 0 Å². The van der Waals surface area contributed by atoms with Gasteiger partial charge in [0.25, 0.3) is 0 Å². The molecule has 6 atom stereocenters. The fourth-order valence-electron chi connectivity index (χ4n) is 7.41. The smallest absolute Gasteiger partial charge is 0.307 e. The van der Waals surface area contributed by atoms with Crippen LogP contribution in [-0.2, 0) is 14.3 Å². The van der Waals surface area contributed by atoms with Gasteiger partial charge in [-0.1, -0.05) is 47.1 Å². The second-order valence-electron chi connectivity index (χ2n) is 12.0. The van der Waals surface area contributed by atoms with Crippen molar-refractivity contribution in [1.29, 1.82) is 0 Å². The SMILES string of the molecule is C=C[C@@H](C)CC(=O)[C@H]1[C@@H](C)CC[C@H]2C(C)(C)CCC(OC(=O)CCN3CCCCC3)[C@]12C. The fourth-order valence-corrected chi connectivity index (χ4v) is 7.41. The lowest BCUT2D eigenvalue weighted by Gasteiger charge is -2.61.